The number of morpholine rings is 1. The van der Waals surface area contributed by atoms with Gasteiger partial charge in [0.05, 0.1) is 19.3 Å². The summed E-state index contributed by atoms with van der Waals surface area (Å²) >= 11 is 6.20. The van der Waals surface area contributed by atoms with E-state index in [2.05, 4.69) is 34.6 Å². The molecule has 3 aliphatic rings. The van der Waals surface area contributed by atoms with Crippen molar-refractivity contribution >= 4 is 35.6 Å². The number of allylic oxidation sites excluding steroid dienone is 4. The maximum Gasteiger partial charge on any atom is 0.210 e. The van der Waals surface area contributed by atoms with Crippen molar-refractivity contribution in [2.24, 2.45) is 0 Å². The molecule has 1 saturated heterocycles. The zero-order valence-electron chi connectivity index (χ0n) is 25.7. The van der Waals surface area contributed by atoms with E-state index in [1.54, 1.807) is 18.1 Å². The van der Waals surface area contributed by atoms with Gasteiger partial charge in [-0.15, -0.1) is 0 Å². The van der Waals surface area contributed by atoms with Gasteiger partial charge in [0.2, 0.25) is 6.41 Å². The molecule has 2 aliphatic heterocycles. The first-order valence-electron chi connectivity index (χ1n) is 14.9. The number of aldehydes is 1. The summed E-state index contributed by atoms with van der Waals surface area (Å²) < 4.78 is 9.94. The van der Waals surface area contributed by atoms with E-state index in [0.29, 0.717) is 23.6 Å². The number of carbonyl (C=O) groups is 2. The average Bonchev–Trinajstić information content (AvgIpc) is 3.28. The molecule has 0 bridgehead atoms. The Labute approximate surface area is 257 Å². The zero-order valence-corrected chi connectivity index (χ0v) is 26.5. The van der Waals surface area contributed by atoms with Gasteiger partial charge in [-0.1, -0.05) is 48.9 Å². The molecule has 0 spiro atoms. The summed E-state index contributed by atoms with van der Waals surface area (Å²) in [4.78, 5) is 26.8. The molecule has 232 valence electrons. The highest BCUT2D eigenvalue weighted by Crippen LogP contribution is 2.34. The molecule has 1 amide bonds. The van der Waals surface area contributed by atoms with Crippen LogP contribution in [0.2, 0.25) is 5.02 Å². The molecule has 1 fully saturated rings. The second-order valence-corrected chi connectivity index (χ2v) is 10.6. The first kappa shape index (κ1) is 35.4. The van der Waals surface area contributed by atoms with Crippen LogP contribution in [0.25, 0.3) is 5.57 Å². The first-order chi connectivity index (χ1) is 20.5. The van der Waals surface area contributed by atoms with E-state index in [1.807, 2.05) is 44.4 Å². The minimum Gasteiger partial charge on any atom is -0.388 e. The van der Waals surface area contributed by atoms with Crippen LogP contribution in [0.4, 0.5) is 5.69 Å². The number of halogens is 1. The van der Waals surface area contributed by atoms with Crippen LogP contribution in [0.5, 0.6) is 0 Å². The van der Waals surface area contributed by atoms with Crippen LogP contribution in [0.15, 0.2) is 59.7 Å². The molecule has 0 radical (unpaired) electrons. The number of nitrogens with one attached hydrogen (secondary N) is 2. The number of amides is 1. The lowest BCUT2D eigenvalue weighted by molar-refractivity contribution is -0.119. The van der Waals surface area contributed by atoms with Crippen molar-refractivity contribution in [3.05, 3.63) is 70.3 Å². The lowest BCUT2D eigenvalue weighted by Crippen LogP contribution is -2.37. The fraction of sp³-hybridized carbons (Fsp3) is 0.515. The Balaban J connectivity index is 0.000000317. The largest absolute Gasteiger partial charge is 0.388 e. The Hall–Kier alpha value is -2.75. The number of anilines is 1. The molecule has 2 heterocycles. The second-order valence-electron chi connectivity index (χ2n) is 10.2. The lowest BCUT2D eigenvalue weighted by Gasteiger charge is -2.33. The fourth-order valence-corrected chi connectivity index (χ4v) is 5.04. The monoisotopic (exact) mass is 600 g/mol. The van der Waals surface area contributed by atoms with Crippen molar-refractivity contribution in [1.29, 1.82) is 0 Å². The van der Waals surface area contributed by atoms with Gasteiger partial charge in [0.25, 0.3) is 0 Å². The van der Waals surface area contributed by atoms with E-state index in [1.165, 1.54) is 13.0 Å². The number of rotatable bonds is 11. The molecular weight excluding hydrogens is 552 g/mol. The van der Waals surface area contributed by atoms with Crippen LogP contribution < -0.4 is 10.6 Å². The Morgan fingerprint density at radius 3 is 2.52 bits per heavy atom. The van der Waals surface area contributed by atoms with E-state index in [9.17, 15) is 9.59 Å². The third-order valence-electron chi connectivity index (χ3n) is 7.15. The van der Waals surface area contributed by atoms with Crippen molar-refractivity contribution in [3.8, 4) is 0 Å². The highest BCUT2D eigenvalue weighted by molar-refractivity contribution is 6.30. The number of nitrogens with zero attached hydrogens (tertiary/aromatic N) is 2. The summed E-state index contributed by atoms with van der Waals surface area (Å²) in [5, 5.41) is 7.04. The number of methoxy groups -OCH3 is 1. The molecule has 1 aliphatic carbocycles. The highest BCUT2D eigenvalue weighted by atomic mass is 35.5. The molecule has 42 heavy (non-hydrogen) atoms. The average molecular weight is 601 g/mol. The lowest BCUT2D eigenvalue weighted by atomic mass is 9.91. The second kappa shape index (κ2) is 21.0. The third kappa shape index (κ3) is 12.2. The first-order valence-corrected chi connectivity index (χ1v) is 15.3. The van der Waals surface area contributed by atoms with Crippen molar-refractivity contribution in [2.75, 3.05) is 79.1 Å². The van der Waals surface area contributed by atoms with Crippen molar-refractivity contribution in [1.82, 2.24) is 15.1 Å². The molecule has 1 atom stereocenters. The molecule has 9 heteroatoms. The number of carbonyl (C=O) groups excluding carboxylic acids is 2. The van der Waals surface area contributed by atoms with Gasteiger partial charge in [-0.05, 0) is 75.2 Å². The van der Waals surface area contributed by atoms with Crippen LogP contribution in [0.3, 0.4) is 0 Å². The van der Waals surface area contributed by atoms with E-state index < -0.39 is 0 Å². The maximum atomic E-state index is 11.6. The van der Waals surface area contributed by atoms with Gasteiger partial charge in [-0.2, -0.15) is 0 Å². The summed E-state index contributed by atoms with van der Waals surface area (Å²) in [6.45, 7) is 10.0. The number of benzene rings is 1. The minimum absolute atomic E-state index is 0.157. The van der Waals surface area contributed by atoms with Crippen molar-refractivity contribution < 1.29 is 19.1 Å². The molecular formula is C33H49ClN4O4. The Morgan fingerprint density at radius 2 is 1.90 bits per heavy atom. The Bertz CT molecular complexity index is 1080. The normalized spacial score (nSPS) is 18.6. The van der Waals surface area contributed by atoms with Gasteiger partial charge in [0.1, 0.15) is 6.29 Å². The van der Waals surface area contributed by atoms with E-state index >= 15 is 0 Å². The fourth-order valence-electron chi connectivity index (χ4n) is 4.86. The predicted octanol–water partition coefficient (Wildman–Crippen LogP) is 4.98. The van der Waals surface area contributed by atoms with Crippen molar-refractivity contribution in [2.45, 2.75) is 38.6 Å². The Kier molecular flexibility index (Phi) is 17.7. The molecule has 0 saturated carbocycles. The molecule has 4 rings (SSSR count). The molecule has 8 nitrogen and oxygen atoms in total. The number of hydrogen-bond acceptors (Lipinski definition) is 7. The summed E-state index contributed by atoms with van der Waals surface area (Å²) in [6.07, 6.45) is 15.3. The maximum absolute atomic E-state index is 11.6. The minimum atomic E-state index is -0.157. The predicted molar refractivity (Wildman–Crippen MR) is 174 cm³/mol. The van der Waals surface area contributed by atoms with Crippen LogP contribution in [-0.2, 0) is 19.1 Å². The highest BCUT2D eigenvalue weighted by Gasteiger charge is 2.25. The summed E-state index contributed by atoms with van der Waals surface area (Å²) in [6, 6.07) is 5.62. The quantitative estimate of drug-likeness (QED) is 0.274. The molecule has 2 N–H and O–H groups in total. The van der Waals surface area contributed by atoms with Crippen LogP contribution in [0.1, 0.15) is 38.2 Å². The van der Waals surface area contributed by atoms with E-state index in [-0.39, 0.29) is 6.04 Å². The topological polar surface area (TPSA) is 83.1 Å². The third-order valence-corrected chi connectivity index (χ3v) is 7.39. The van der Waals surface area contributed by atoms with Crippen molar-refractivity contribution in [3.63, 3.8) is 0 Å². The van der Waals surface area contributed by atoms with E-state index in [0.717, 1.165) is 87.4 Å². The summed E-state index contributed by atoms with van der Waals surface area (Å²) in [5.41, 5.74) is 4.88. The number of hydrogen-bond donors (Lipinski definition) is 2. The van der Waals surface area contributed by atoms with Gasteiger partial charge < -0.3 is 25.0 Å². The zero-order chi connectivity index (χ0) is 30.6. The van der Waals surface area contributed by atoms with Gasteiger partial charge in [-0.25, -0.2) is 0 Å². The Morgan fingerprint density at radius 1 is 1.12 bits per heavy atom. The number of ether oxygens (including phenoxy) is 2. The summed E-state index contributed by atoms with van der Waals surface area (Å²) in [5.74, 6) is 0. The van der Waals surface area contributed by atoms with Crippen LogP contribution >= 0.6 is 11.6 Å². The van der Waals surface area contributed by atoms with Gasteiger partial charge in [-0.3, -0.25) is 14.5 Å². The van der Waals surface area contributed by atoms with Gasteiger partial charge in [0, 0.05) is 62.2 Å². The standard InChI is InChI=1S/C21H21ClN2O2.C8H18N2O.C4H10O/c1-23-20-8-7-18(22)12-19(20)17-9-10-24(14-26)21(11-17)16-4-2-3-15(13-25)5-6-16;1-9-3-2-4-10-5-7-11-8-6-10;1-3-4-5-2/h3-8,11-14,21,23H,2,9-10H2,1H3;9H,2-8H2,1H3;3-4H2,1-2H3. The van der Waals surface area contributed by atoms with Crippen LogP contribution in [0, 0.1) is 0 Å². The van der Waals surface area contributed by atoms with E-state index in [4.69, 9.17) is 21.1 Å². The molecule has 1 unspecified atom stereocenters. The molecule has 1 aromatic carbocycles. The molecule has 1 aromatic rings. The van der Waals surface area contributed by atoms with Gasteiger partial charge >= 0.3 is 0 Å². The summed E-state index contributed by atoms with van der Waals surface area (Å²) in [7, 11) is 5.59. The smallest absolute Gasteiger partial charge is 0.210 e. The van der Waals surface area contributed by atoms with Gasteiger partial charge in [0.15, 0.2) is 0 Å². The molecule has 0 aromatic heterocycles. The van der Waals surface area contributed by atoms with Crippen LogP contribution in [-0.4, -0.2) is 102 Å². The SMILES string of the molecule is CCCOC.CNCCCN1CCOCC1.CNc1ccc(Cl)cc1C1=CC(C2=CCC=C(C=O)C=C2)N(C=O)CC1.